The van der Waals surface area contributed by atoms with Crippen LogP contribution in [0.5, 0.6) is 0 Å². The molecular formula is C18H22N2. The van der Waals surface area contributed by atoms with Crippen molar-refractivity contribution in [2.75, 3.05) is 6.54 Å². The van der Waals surface area contributed by atoms with Gasteiger partial charge in [-0.05, 0) is 29.5 Å². The zero-order valence-corrected chi connectivity index (χ0v) is 12.2. The third-order valence-corrected chi connectivity index (χ3v) is 4.37. The fourth-order valence-corrected chi connectivity index (χ4v) is 3.16. The molecule has 0 amide bonds. The Balaban J connectivity index is 1.86. The van der Waals surface area contributed by atoms with Crippen LogP contribution in [0.25, 0.3) is 0 Å². The van der Waals surface area contributed by atoms with Gasteiger partial charge in [-0.25, -0.2) is 0 Å². The van der Waals surface area contributed by atoms with E-state index in [-0.39, 0.29) is 0 Å². The van der Waals surface area contributed by atoms with E-state index in [0.29, 0.717) is 0 Å². The summed E-state index contributed by atoms with van der Waals surface area (Å²) in [6.07, 6.45) is 3.43. The second-order valence-electron chi connectivity index (χ2n) is 5.74. The second kappa shape index (κ2) is 4.86. The van der Waals surface area contributed by atoms with Crippen molar-refractivity contribution in [2.45, 2.75) is 32.7 Å². The highest BCUT2D eigenvalue weighted by molar-refractivity contribution is 5.65. The monoisotopic (exact) mass is 266 g/mol. The van der Waals surface area contributed by atoms with Crippen LogP contribution in [0, 0.1) is 0 Å². The lowest BCUT2D eigenvalue weighted by Crippen LogP contribution is -2.37. The second-order valence-corrected chi connectivity index (χ2v) is 5.74. The minimum atomic E-state index is 0.822. The minimum absolute atomic E-state index is 0.822. The summed E-state index contributed by atoms with van der Waals surface area (Å²) in [6, 6.07) is 6.93. The van der Waals surface area contributed by atoms with Crippen LogP contribution in [0.1, 0.15) is 30.0 Å². The van der Waals surface area contributed by atoms with Crippen LogP contribution in [-0.2, 0) is 19.4 Å². The van der Waals surface area contributed by atoms with Gasteiger partial charge in [-0.3, -0.25) is 0 Å². The summed E-state index contributed by atoms with van der Waals surface area (Å²) in [5.41, 5.74) is 14.3. The first-order valence-electron chi connectivity index (χ1n) is 7.36. The van der Waals surface area contributed by atoms with Gasteiger partial charge in [-0.2, -0.15) is 0 Å². The molecule has 0 spiro atoms. The standard InChI is InChI=1S/C18H22N2/c1-4-5-14-6-7-15-8-9-20(11-16(15)10-14)18-13(3)12(2)17(18)19/h6-7,10H,2-5,8-9,11,19H2,1H3. The number of nitrogens with two attached hydrogens (primary N) is 1. The van der Waals surface area contributed by atoms with Gasteiger partial charge in [-0.15, -0.1) is 0 Å². The van der Waals surface area contributed by atoms with Crippen LogP contribution in [0.2, 0.25) is 0 Å². The number of nitrogens with zero attached hydrogens (tertiary/aromatic N) is 1. The Labute approximate surface area is 121 Å². The van der Waals surface area contributed by atoms with Gasteiger partial charge in [0, 0.05) is 24.2 Å². The summed E-state index contributed by atoms with van der Waals surface area (Å²) >= 11 is 0. The first kappa shape index (κ1) is 13.0. The maximum absolute atomic E-state index is 6.06. The molecule has 104 valence electrons. The minimum Gasteiger partial charge on any atom is -0.397 e. The number of allylic oxidation sites excluding steroid dienone is 2. The molecule has 3 rings (SSSR count). The van der Waals surface area contributed by atoms with Crippen molar-refractivity contribution in [1.29, 1.82) is 0 Å². The van der Waals surface area contributed by atoms with Crippen molar-refractivity contribution < 1.29 is 0 Å². The molecule has 0 atom stereocenters. The van der Waals surface area contributed by atoms with Gasteiger partial charge in [0.25, 0.3) is 0 Å². The summed E-state index contributed by atoms with van der Waals surface area (Å²) in [4.78, 5) is 2.35. The lowest BCUT2D eigenvalue weighted by atomic mass is 9.87. The van der Waals surface area contributed by atoms with E-state index in [0.717, 1.165) is 48.5 Å². The molecule has 1 aliphatic heterocycles. The molecule has 0 saturated carbocycles. The number of hydrogen-bond acceptors (Lipinski definition) is 2. The Kier molecular flexibility index (Phi) is 3.17. The summed E-state index contributed by atoms with van der Waals surface area (Å²) in [5, 5.41) is 0. The van der Waals surface area contributed by atoms with Gasteiger partial charge in [0.1, 0.15) is 0 Å². The zero-order valence-electron chi connectivity index (χ0n) is 12.2. The molecule has 0 unspecified atom stereocenters. The fraction of sp³-hybridized carbons (Fsp3) is 0.333. The van der Waals surface area contributed by atoms with E-state index in [2.05, 4.69) is 43.2 Å². The van der Waals surface area contributed by atoms with Crippen molar-refractivity contribution in [2.24, 2.45) is 5.73 Å². The molecular weight excluding hydrogens is 244 g/mol. The molecule has 1 aromatic rings. The van der Waals surface area contributed by atoms with Gasteiger partial charge >= 0.3 is 0 Å². The quantitative estimate of drug-likeness (QED) is 0.909. The first-order valence-corrected chi connectivity index (χ1v) is 7.36. The molecule has 2 aliphatic rings. The van der Waals surface area contributed by atoms with Crippen molar-refractivity contribution in [3.63, 3.8) is 0 Å². The lowest BCUT2D eigenvalue weighted by Gasteiger charge is -2.39. The van der Waals surface area contributed by atoms with Crippen LogP contribution in [-0.4, -0.2) is 11.4 Å². The molecule has 1 aromatic carbocycles. The molecule has 20 heavy (non-hydrogen) atoms. The van der Waals surface area contributed by atoms with Crippen molar-refractivity contribution >= 4 is 0 Å². The lowest BCUT2D eigenvalue weighted by molar-refractivity contribution is 0.320. The molecule has 2 heteroatoms. The van der Waals surface area contributed by atoms with Crippen molar-refractivity contribution in [3.05, 3.63) is 70.6 Å². The van der Waals surface area contributed by atoms with E-state index in [1.54, 1.807) is 0 Å². The highest BCUT2D eigenvalue weighted by Gasteiger charge is 2.30. The molecule has 1 heterocycles. The van der Waals surface area contributed by atoms with Crippen LogP contribution in [0.3, 0.4) is 0 Å². The normalized spacial score (nSPS) is 18.1. The Bertz CT molecular complexity index is 622. The first-order chi connectivity index (χ1) is 9.61. The van der Waals surface area contributed by atoms with Gasteiger partial charge in [0.15, 0.2) is 0 Å². The zero-order chi connectivity index (χ0) is 14.3. The molecule has 2 N–H and O–H groups in total. The van der Waals surface area contributed by atoms with E-state index < -0.39 is 0 Å². The molecule has 1 aliphatic carbocycles. The summed E-state index contributed by atoms with van der Waals surface area (Å²) in [5.74, 6) is 0. The van der Waals surface area contributed by atoms with Crippen LogP contribution >= 0.6 is 0 Å². The Morgan fingerprint density at radius 2 is 2.00 bits per heavy atom. The average molecular weight is 266 g/mol. The molecule has 0 bridgehead atoms. The van der Waals surface area contributed by atoms with Gasteiger partial charge in [-0.1, -0.05) is 44.7 Å². The van der Waals surface area contributed by atoms with Gasteiger partial charge in [0.05, 0.1) is 11.4 Å². The Hall–Kier alpha value is -1.96. The molecule has 0 radical (unpaired) electrons. The third-order valence-electron chi connectivity index (χ3n) is 4.37. The highest BCUT2D eigenvalue weighted by atomic mass is 15.2. The summed E-state index contributed by atoms with van der Waals surface area (Å²) in [7, 11) is 0. The fourth-order valence-electron chi connectivity index (χ4n) is 3.16. The van der Waals surface area contributed by atoms with Crippen LogP contribution in [0.4, 0.5) is 0 Å². The maximum Gasteiger partial charge on any atom is 0.0683 e. The van der Waals surface area contributed by atoms with Crippen LogP contribution < -0.4 is 5.73 Å². The van der Waals surface area contributed by atoms with E-state index in [4.69, 9.17) is 5.73 Å². The van der Waals surface area contributed by atoms with E-state index in [1.165, 1.54) is 23.1 Å². The number of aryl methyl sites for hydroxylation is 1. The van der Waals surface area contributed by atoms with Crippen LogP contribution in [0.15, 0.2) is 53.9 Å². The molecule has 0 aromatic heterocycles. The van der Waals surface area contributed by atoms with E-state index >= 15 is 0 Å². The largest absolute Gasteiger partial charge is 0.397 e. The summed E-state index contributed by atoms with van der Waals surface area (Å²) in [6.45, 7) is 12.2. The number of benzene rings is 1. The smallest absolute Gasteiger partial charge is 0.0683 e. The van der Waals surface area contributed by atoms with Crippen molar-refractivity contribution in [1.82, 2.24) is 4.90 Å². The average Bonchev–Trinajstić information content (AvgIpc) is 2.47. The topological polar surface area (TPSA) is 29.3 Å². The summed E-state index contributed by atoms with van der Waals surface area (Å²) < 4.78 is 0. The number of hydrogen-bond donors (Lipinski definition) is 1. The maximum atomic E-state index is 6.06. The Morgan fingerprint density at radius 1 is 1.20 bits per heavy atom. The van der Waals surface area contributed by atoms with E-state index in [9.17, 15) is 0 Å². The third kappa shape index (κ3) is 1.96. The van der Waals surface area contributed by atoms with Gasteiger partial charge < -0.3 is 10.6 Å². The molecule has 2 nitrogen and oxygen atoms in total. The highest BCUT2D eigenvalue weighted by Crippen LogP contribution is 2.38. The Morgan fingerprint density at radius 3 is 2.70 bits per heavy atom. The predicted octanol–water partition coefficient (Wildman–Crippen LogP) is 3.29. The molecule has 0 saturated heterocycles. The SMILES string of the molecule is C=C1C(=C)C(N2CCc3ccc(CCC)cc3C2)=C1N. The number of rotatable bonds is 3. The molecule has 0 fully saturated rings. The van der Waals surface area contributed by atoms with Gasteiger partial charge in [0.2, 0.25) is 0 Å². The number of fused-ring (bicyclic) bond motifs is 1. The predicted molar refractivity (Wildman–Crippen MR) is 84.0 cm³/mol. The van der Waals surface area contributed by atoms with Crippen molar-refractivity contribution in [3.8, 4) is 0 Å². The van der Waals surface area contributed by atoms with E-state index in [1.807, 2.05) is 0 Å².